The molecule has 0 amide bonds. The average Bonchev–Trinajstić information content (AvgIpc) is 2.27. The van der Waals surface area contributed by atoms with E-state index in [1.807, 2.05) is 6.92 Å². The Morgan fingerprint density at radius 2 is 2.06 bits per heavy atom. The van der Waals surface area contributed by atoms with Gasteiger partial charge in [0.05, 0.1) is 11.0 Å². The third-order valence-corrected chi connectivity index (χ3v) is 2.24. The van der Waals surface area contributed by atoms with Crippen LogP contribution in [-0.2, 0) is 0 Å². The van der Waals surface area contributed by atoms with Crippen molar-refractivity contribution in [3.8, 4) is 0 Å². The van der Waals surface area contributed by atoms with Crippen LogP contribution in [0.1, 0.15) is 19.8 Å². The van der Waals surface area contributed by atoms with Gasteiger partial charge >= 0.3 is 0 Å². The highest BCUT2D eigenvalue weighted by Crippen LogP contribution is 2.15. The lowest BCUT2D eigenvalue weighted by molar-refractivity contribution is -0.384. The molecule has 0 spiro atoms. The van der Waals surface area contributed by atoms with Gasteiger partial charge in [-0.2, -0.15) is 0 Å². The van der Waals surface area contributed by atoms with Crippen LogP contribution in [0, 0.1) is 10.1 Å². The van der Waals surface area contributed by atoms with E-state index in [0.29, 0.717) is 6.54 Å². The minimum atomic E-state index is -0.435. The number of anilines is 1. The molecule has 0 radical (unpaired) electrons. The number of nitrogens with zero attached hydrogens (tertiary/aromatic N) is 1. The summed E-state index contributed by atoms with van der Waals surface area (Å²) < 4.78 is 0. The second-order valence-corrected chi connectivity index (χ2v) is 3.63. The predicted molar refractivity (Wildman–Crippen MR) is 62.5 cm³/mol. The average molecular weight is 224 g/mol. The first-order valence-electron chi connectivity index (χ1n) is 5.30. The van der Waals surface area contributed by atoms with Crippen LogP contribution in [0.25, 0.3) is 0 Å². The third kappa shape index (κ3) is 3.86. The molecule has 1 atom stereocenters. The van der Waals surface area contributed by atoms with Gasteiger partial charge in [-0.3, -0.25) is 10.1 Å². The molecule has 0 aliphatic rings. The molecule has 0 aliphatic heterocycles. The third-order valence-electron chi connectivity index (χ3n) is 2.24. The van der Waals surface area contributed by atoms with Crippen LogP contribution in [0.3, 0.4) is 0 Å². The van der Waals surface area contributed by atoms with E-state index in [4.69, 9.17) is 0 Å². The van der Waals surface area contributed by atoms with Crippen LogP contribution in [0.4, 0.5) is 11.4 Å². The largest absolute Gasteiger partial charge is 0.391 e. The summed E-state index contributed by atoms with van der Waals surface area (Å²) in [5, 5.41) is 22.9. The number of hydrogen-bond acceptors (Lipinski definition) is 4. The van der Waals surface area contributed by atoms with Gasteiger partial charge in [-0.25, -0.2) is 0 Å². The van der Waals surface area contributed by atoms with Gasteiger partial charge in [-0.05, 0) is 18.6 Å². The van der Waals surface area contributed by atoms with Crippen molar-refractivity contribution in [3.63, 3.8) is 0 Å². The van der Waals surface area contributed by atoms with Crippen molar-refractivity contribution >= 4 is 11.4 Å². The lowest BCUT2D eigenvalue weighted by Gasteiger charge is -2.11. The molecular formula is C11H16N2O3. The molecule has 0 bridgehead atoms. The quantitative estimate of drug-likeness (QED) is 0.573. The number of hydrogen-bond donors (Lipinski definition) is 2. The normalized spacial score (nSPS) is 12.1. The fourth-order valence-corrected chi connectivity index (χ4v) is 1.37. The maximum Gasteiger partial charge on any atom is 0.269 e. The van der Waals surface area contributed by atoms with Crippen LogP contribution in [0.5, 0.6) is 0 Å². The van der Waals surface area contributed by atoms with Gasteiger partial charge in [-0.15, -0.1) is 0 Å². The van der Waals surface area contributed by atoms with Crippen molar-refractivity contribution in [3.05, 3.63) is 34.4 Å². The van der Waals surface area contributed by atoms with Gasteiger partial charge in [-0.1, -0.05) is 13.3 Å². The Labute approximate surface area is 94.3 Å². The van der Waals surface area contributed by atoms with Gasteiger partial charge in [0, 0.05) is 24.4 Å². The first-order chi connectivity index (χ1) is 7.63. The second kappa shape index (κ2) is 6.07. The smallest absolute Gasteiger partial charge is 0.269 e. The molecule has 1 aromatic rings. The van der Waals surface area contributed by atoms with Crippen LogP contribution in [0.2, 0.25) is 0 Å². The molecule has 0 aromatic heterocycles. The minimum absolute atomic E-state index is 0.0691. The summed E-state index contributed by atoms with van der Waals surface area (Å²) >= 11 is 0. The highest BCUT2D eigenvalue weighted by Gasteiger charge is 2.05. The van der Waals surface area contributed by atoms with Gasteiger partial charge in [0.15, 0.2) is 0 Å². The molecule has 16 heavy (non-hydrogen) atoms. The topological polar surface area (TPSA) is 75.4 Å². The zero-order valence-corrected chi connectivity index (χ0v) is 9.22. The van der Waals surface area contributed by atoms with E-state index in [1.54, 1.807) is 12.1 Å². The Morgan fingerprint density at radius 1 is 1.44 bits per heavy atom. The summed E-state index contributed by atoms with van der Waals surface area (Å²) in [7, 11) is 0. The maximum atomic E-state index is 10.4. The molecule has 0 fully saturated rings. The summed E-state index contributed by atoms with van der Waals surface area (Å²) in [5.74, 6) is 0. The summed E-state index contributed by atoms with van der Waals surface area (Å²) in [6.07, 6.45) is 1.31. The highest BCUT2D eigenvalue weighted by molar-refractivity contribution is 5.48. The molecule has 0 aliphatic carbocycles. The molecule has 5 nitrogen and oxygen atoms in total. The summed E-state index contributed by atoms with van der Waals surface area (Å²) in [4.78, 5) is 9.97. The zero-order chi connectivity index (χ0) is 12.0. The SMILES string of the molecule is CCC[C@@H](O)CNc1ccc([N+](=O)[O-])cc1. The van der Waals surface area contributed by atoms with E-state index in [-0.39, 0.29) is 11.8 Å². The Kier molecular flexibility index (Phi) is 4.72. The molecule has 0 saturated carbocycles. The highest BCUT2D eigenvalue weighted by atomic mass is 16.6. The Hall–Kier alpha value is -1.62. The maximum absolute atomic E-state index is 10.4. The predicted octanol–water partition coefficient (Wildman–Crippen LogP) is 2.17. The van der Waals surface area contributed by atoms with E-state index < -0.39 is 4.92 Å². The fourth-order valence-electron chi connectivity index (χ4n) is 1.37. The standard InChI is InChI=1S/C11H16N2O3/c1-2-3-11(14)8-12-9-4-6-10(7-5-9)13(15)16/h4-7,11-12,14H,2-3,8H2,1H3/t11-/m1/s1. The fraction of sp³-hybridized carbons (Fsp3) is 0.455. The van der Waals surface area contributed by atoms with Crippen molar-refractivity contribution in [2.45, 2.75) is 25.9 Å². The Bertz CT molecular complexity index is 338. The summed E-state index contributed by atoms with van der Waals surface area (Å²) in [6.45, 7) is 2.47. The van der Waals surface area contributed by atoms with Crippen LogP contribution in [-0.4, -0.2) is 22.7 Å². The number of benzene rings is 1. The van der Waals surface area contributed by atoms with Gasteiger partial charge in [0.2, 0.25) is 0 Å². The van der Waals surface area contributed by atoms with Gasteiger partial charge in [0.25, 0.3) is 5.69 Å². The van der Waals surface area contributed by atoms with Crippen molar-refractivity contribution < 1.29 is 10.0 Å². The number of nitro benzene ring substituents is 1. The van der Waals surface area contributed by atoms with Crippen molar-refractivity contribution in [2.24, 2.45) is 0 Å². The summed E-state index contributed by atoms with van der Waals surface area (Å²) in [5.41, 5.74) is 0.848. The second-order valence-electron chi connectivity index (χ2n) is 3.63. The van der Waals surface area contributed by atoms with Gasteiger partial charge in [0.1, 0.15) is 0 Å². The van der Waals surface area contributed by atoms with Gasteiger partial charge < -0.3 is 10.4 Å². The number of aliphatic hydroxyl groups excluding tert-OH is 1. The van der Waals surface area contributed by atoms with E-state index in [0.717, 1.165) is 18.5 Å². The van der Waals surface area contributed by atoms with Crippen molar-refractivity contribution in [2.75, 3.05) is 11.9 Å². The number of nitrogens with one attached hydrogen (secondary N) is 1. The molecule has 1 rings (SSSR count). The number of nitro groups is 1. The lowest BCUT2D eigenvalue weighted by Crippen LogP contribution is -2.18. The summed E-state index contributed by atoms with van der Waals surface area (Å²) in [6, 6.07) is 6.15. The monoisotopic (exact) mass is 224 g/mol. The molecule has 0 unspecified atom stereocenters. The van der Waals surface area contributed by atoms with E-state index >= 15 is 0 Å². The van der Waals surface area contributed by atoms with E-state index in [2.05, 4.69) is 5.32 Å². The molecular weight excluding hydrogens is 208 g/mol. The molecule has 0 heterocycles. The number of non-ortho nitro benzene ring substituents is 1. The van der Waals surface area contributed by atoms with Crippen LogP contribution >= 0.6 is 0 Å². The molecule has 0 saturated heterocycles. The molecule has 2 N–H and O–H groups in total. The first kappa shape index (κ1) is 12.4. The molecule has 88 valence electrons. The number of rotatable bonds is 6. The van der Waals surface area contributed by atoms with Crippen molar-refractivity contribution in [1.29, 1.82) is 0 Å². The zero-order valence-electron chi connectivity index (χ0n) is 9.22. The van der Waals surface area contributed by atoms with Crippen LogP contribution < -0.4 is 5.32 Å². The molecule has 5 heteroatoms. The molecule has 1 aromatic carbocycles. The lowest BCUT2D eigenvalue weighted by atomic mass is 10.2. The Morgan fingerprint density at radius 3 is 2.56 bits per heavy atom. The Balaban J connectivity index is 2.46. The van der Waals surface area contributed by atoms with Crippen molar-refractivity contribution in [1.82, 2.24) is 0 Å². The van der Waals surface area contributed by atoms with E-state index in [1.165, 1.54) is 12.1 Å². The minimum Gasteiger partial charge on any atom is -0.391 e. The first-order valence-corrected chi connectivity index (χ1v) is 5.30. The van der Waals surface area contributed by atoms with Crippen LogP contribution in [0.15, 0.2) is 24.3 Å². The number of aliphatic hydroxyl groups is 1. The van der Waals surface area contributed by atoms with E-state index in [9.17, 15) is 15.2 Å².